The number of halogens is 2. The fourth-order valence-corrected chi connectivity index (χ4v) is 3.24. The van der Waals surface area contributed by atoms with Gasteiger partial charge in [-0.25, -0.2) is 8.78 Å². The van der Waals surface area contributed by atoms with Gasteiger partial charge in [-0.15, -0.1) is 0 Å². The Morgan fingerprint density at radius 2 is 2.08 bits per heavy atom. The van der Waals surface area contributed by atoms with Crippen molar-refractivity contribution in [1.82, 2.24) is 15.0 Å². The molecule has 1 heterocycles. The SMILES string of the molecule is CC[C@@H](F)c1nc(N)nc(N[C@@H](CCc2cccc(F)c2)C2CCC2)n1. The summed E-state index contributed by atoms with van der Waals surface area (Å²) in [7, 11) is 0. The molecule has 5 nitrogen and oxygen atoms in total. The maximum atomic E-state index is 13.9. The zero-order valence-electron chi connectivity index (χ0n) is 15.0. The number of alkyl halides is 1. The third kappa shape index (κ3) is 4.65. The predicted octanol–water partition coefficient (Wildman–Crippen LogP) is 4.23. The van der Waals surface area contributed by atoms with E-state index in [1.807, 2.05) is 6.07 Å². The number of nitrogens with two attached hydrogens (primary N) is 1. The summed E-state index contributed by atoms with van der Waals surface area (Å²) < 4.78 is 27.3. The number of nitrogens with zero attached hydrogens (tertiary/aromatic N) is 3. The van der Waals surface area contributed by atoms with Crippen LogP contribution in [-0.4, -0.2) is 21.0 Å². The van der Waals surface area contributed by atoms with Gasteiger partial charge < -0.3 is 11.1 Å². The van der Waals surface area contributed by atoms with Crippen molar-refractivity contribution in [3.63, 3.8) is 0 Å². The van der Waals surface area contributed by atoms with Crippen LogP contribution in [0.25, 0.3) is 0 Å². The van der Waals surface area contributed by atoms with Crippen LogP contribution in [0, 0.1) is 11.7 Å². The normalized spacial score (nSPS) is 16.7. The third-order valence-electron chi connectivity index (χ3n) is 4.97. The Bertz CT molecular complexity index is 736. The Morgan fingerprint density at radius 1 is 1.27 bits per heavy atom. The average molecular weight is 361 g/mol. The zero-order chi connectivity index (χ0) is 18.5. The fourth-order valence-electron chi connectivity index (χ4n) is 3.24. The molecule has 2 atom stereocenters. The van der Waals surface area contributed by atoms with Crippen molar-refractivity contribution in [2.45, 2.75) is 57.7 Å². The highest BCUT2D eigenvalue weighted by Gasteiger charge is 2.28. The van der Waals surface area contributed by atoms with Gasteiger partial charge >= 0.3 is 0 Å². The summed E-state index contributed by atoms with van der Waals surface area (Å²) >= 11 is 0. The highest BCUT2D eigenvalue weighted by Crippen LogP contribution is 2.33. The fraction of sp³-hybridized carbons (Fsp3) is 0.526. The molecule has 1 aromatic carbocycles. The maximum absolute atomic E-state index is 13.9. The summed E-state index contributed by atoms with van der Waals surface area (Å²) in [6.45, 7) is 1.73. The highest BCUT2D eigenvalue weighted by atomic mass is 19.1. The zero-order valence-corrected chi connectivity index (χ0v) is 15.0. The molecular formula is C19H25F2N5. The largest absolute Gasteiger partial charge is 0.368 e. The number of aromatic nitrogens is 3. The topological polar surface area (TPSA) is 76.7 Å². The lowest BCUT2D eigenvalue weighted by Crippen LogP contribution is -2.35. The van der Waals surface area contributed by atoms with Gasteiger partial charge in [-0.3, -0.25) is 0 Å². The molecule has 1 aliphatic carbocycles. The van der Waals surface area contributed by atoms with Crippen LogP contribution in [0.3, 0.4) is 0 Å². The van der Waals surface area contributed by atoms with Gasteiger partial charge in [-0.2, -0.15) is 15.0 Å². The minimum absolute atomic E-state index is 0.0195. The Morgan fingerprint density at radius 3 is 2.73 bits per heavy atom. The van der Waals surface area contributed by atoms with Gasteiger partial charge in [0.1, 0.15) is 5.82 Å². The number of nitrogen functional groups attached to an aromatic ring is 1. The van der Waals surface area contributed by atoms with E-state index in [0.717, 1.165) is 31.2 Å². The quantitative estimate of drug-likeness (QED) is 0.736. The number of hydrogen-bond acceptors (Lipinski definition) is 5. The molecule has 3 N–H and O–H groups in total. The molecule has 1 saturated carbocycles. The second kappa shape index (κ2) is 8.38. The van der Waals surface area contributed by atoms with E-state index in [9.17, 15) is 8.78 Å². The van der Waals surface area contributed by atoms with E-state index in [1.165, 1.54) is 12.5 Å². The number of anilines is 2. The van der Waals surface area contributed by atoms with E-state index in [-0.39, 0.29) is 30.1 Å². The van der Waals surface area contributed by atoms with E-state index >= 15 is 0 Å². The number of benzene rings is 1. The van der Waals surface area contributed by atoms with Crippen molar-refractivity contribution in [1.29, 1.82) is 0 Å². The van der Waals surface area contributed by atoms with Crippen LogP contribution >= 0.6 is 0 Å². The van der Waals surface area contributed by atoms with Crippen LogP contribution in [-0.2, 0) is 6.42 Å². The molecular weight excluding hydrogens is 336 g/mol. The molecule has 0 unspecified atom stereocenters. The Kier molecular flexibility index (Phi) is 5.96. The first-order valence-corrected chi connectivity index (χ1v) is 9.21. The van der Waals surface area contributed by atoms with Crippen molar-refractivity contribution >= 4 is 11.9 Å². The Labute approximate surface area is 152 Å². The highest BCUT2D eigenvalue weighted by molar-refractivity contribution is 5.33. The molecule has 140 valence electrons. The van der Waals surface area contributed by atoms with Crippen molar-refractivity contribution < 1.29 is 8.78 Å². The number of hydrogen-bond donors (Lipinski definition) is 2. The molecule has 1 aliphatic rings. The van der Waals surface area contributed by atoms with Crippen LogP contribution in [0.15, 0.2) is 24.3 Å². The van der Waals surface area contributed by atoms with Gasteiger partial charge in [0, 0.05) is 6.04 Å². The summed E-state index contributed by atoms with van der Waals surface area (Å²) in [6, 6.07) is 6.80. The summed E-state index contributed by atoms with van der Waals surface area (Å²) in [5, 5.41) is 3.32. The molecule has 0 amide bonds. The van der Waals surface area contributed by atoms with Crippen molar-refractivity contribution in [2.24, 2.45) is 5.92 Å². The van der Waals surface area contributed by atoms with Crippen molar-refractivity contribution in [2.75, 3.05) is 11.1 Å². The van der Waals surface area contributed by atoms with Crippen LogP contribution in [0.1, 0.15) is 56.6 Å². The number of aryl methyl sites for hydroxylation is 1. The molecule has 0 radical (unpaired) electrons. The van der Waals surface area contributed by atoms with Crippen LogP contribution < -0.4 is 11.1 Å². The van der Waals surface area contributed by atoms with E-state index in [2.05, 4.69) is 20.3 Å². The summed E-state index contributed by atoms with van der Waals surface area (Å²) in [5.41, 5.74) is 6.68. The first-order chi connectivity index (χ1) is 12.5. The minimum atomic E-state index is -1.25. The average Bonchev–Trinajstić information content (AvgIpc) is 2.57. The Hall–Kier alpha value is -2.31. The molecule has 0 bridgehead atoms. The lowest BCUT2D eigenvalue weighted by atomic mass is 9.78. The second-order valence-electron chi connectivity index (χ2n) is 6.86. The molecule has 0 spiro atoms. The summed E-state index contributed by atoms with van der Waals surface area (Å²) in [5.74, 6) is 0.697. The lowest BCUT2D eigenvalue weighted by molar-refractivity contribution is 0.265. The van der Waals surface area contributed by atoms with Gasteiger partial charge in [0.2, 0.25) is 11.9 Å². The molecule has 26 heavy (non-hydrogen) atoms. The van der Waals surface area contributed by atoms with E-state index in [0.29, 0.717) is 11.9 Å². The smallest absolute Gasteiger partial charge is 0.228 e. The van der Waals surface area contributed by atoms with Gasteiger partial charge in [0.05, 0.1) is 0 Å². The van der Waals surface area contributed by atoms with Crippen LogP contribution in [0.5, 0.6) is 0 Å². The monoisotopic (exact) mass is 361 g/mol. The van der Waals surface area contributed by atoms with Gasteiger partial charge in [-0.05, 0) is 55.7 Å². The van der Waals surface area contributed by atoms with Crippen LogP contribution in [0.4, 0.5) is 20.7 Å². The second-order valence-corrected chi connectivity index (χ2v) is 6.86. The van der Waals surface area contributed by atoms with Gasteiger partial charge in [0.25, 0.3) is 0 Å². The lowest BCUT2D eigenvalue weighted by Gasteiger charge is -2.34. The summed E-state index contributed by atoms with van der Waals surface area (Å²) in [4.78, 5) is 12.2. The first kappa shape index (κ1) is 18.5. The van der Waals surface area contributed by atoms with Crippen molar-refractivity contribution in [3.05, 3.63) is 41.5 Å². The molecule has 0 saturated heterocycles. The molecule has 7 heteroatoms. The third-order valence-corrected chi connectivity index (χ3v) is 4.97. The van der Waals surface area contributed by atoms with Gasteiger partial charge in [0.15, 0.2) is 12.0 Å². The first-order valence-electron chi connectivity index (χ1n) is 9.21. The molecule has 0 aliphatic heterocycles. The number of nitrogens with one attached hydrogen (secondary N) is 1. The molecule has 3 rings (SSSR count). The predicted molar refractivity (Wildman–Crippen MR) is 97.9 cm³/mol. The van der Waals surface area contributed by atoms with E-state index in [4.69, 9.17) is 5.73 Å². The molecule has 2 aromatic rings. The van der Waals surface area contributed by atoms with Crippen LogP contribution in [0.2, 0.25) is 0 Å². The standard InChI is InChI=1S/C19H25F2N5/c1-2-15(21)17-24-18(22)26-19(25-17)23-16(13-6-4-7-13)10-9-12-5-3-8-14(20)11-12/h3,5,8,11,13,15-16H,2,4,6-7,9-10H2,1H3,(H3,22,23,24,25,26)/t15-,16+/m1/s1. The molecule has 1 fully saturated rings. The summed E-state index contributed by atoms with van der Waals surface area (Å²) in [6.07, 6.45) is 4.08. The molecule has 1 aromatic heterocycles. The number of rotatable bonds is 8. The van der Waals surface area contributed by atoms with E-state index < -0.39 is 6.17 Å². The minimum Gasteiger partial charge on any atom is -0.368 e. The van der Waals surface area contributed by atoms with E-state index in [1.54, 1.807) is 19.1 Å². The van der Waals surface area contributed by atoms with Crippen molar-refractivity contribution in [3.8, 4) is 0 Å². The Balaban J connectivity index is 1.71. The van der Waals surface area contributed by atoms with Gasteiger partial charge in [-0.1, -0.05) is 25.5 Å². The maximum Gasteiger partial charge on any atom is 0.228 e.